The molecule has 1 aliphatic rings. The van der Waals surface area contributed by atoms with Crippen molar-refractivity contribution in [3.05, 3.63) is 23.8 Å². The Morgan fingerprint density at radius 1 is 1.24 bits per heavy atom. The molecule has 0 saturated carbocycles. The number of hydrogen-bond donors (Lipinski definition) is 2. The predicted octanol–water partition coefficient (Wildman–Crippen LogP) is 1.06. The van der Waals surface area contributed by atoms with Gasteiger partial charge in [0.15, 0.2) is 11.5 Å². The molecule has 0 bridgehead atoms. The van der Waals surface area contributed by atoms with Crippen molar-refractivity contribution < 1.29 is 29.3 Å². The van der Waals surface area contributed by atoms with Crippen LogP contribution in [0.5, 0.6) is 11.5 Å². The van der Waals surface area contributed by atoms with Crippen molar-refractivity contribution in [2.75, 3.05) is 6.79 Å². The van der Waals surface area contributed by atoms with E-state index in [-0.39, 0.29) is 6.79 Å². The van der Waals surface area contributed by atoms with Gasteiger partial charge in [-0.2, -0.15) is 0 Å². The van der Waals surface area contributed by atoms with E-state index in [1.807, 2.05) is 0 Å². The molecule has 0 fully saturated rings. The van der Waals surface area contributed by atoms with Gasteiger partial charge in [-0.25, -0.2) is 0 Å². The summed E-state index contributed by atoms with van der Waals surface area (Å²) in [5.41, 5.74) is 0.393. The average Bonchev–Trinajstić information content (AvgIpc) is 2.72. The minimum absolute atomic E-state index is 0.0927. The molecule has 2 rings (SSSR count). The summed E-state index contributed by atoms with van der Waals surface area (Å²) < 4.78 is 10.2. The van der Waals surface area contributed by atoms with Crippen LogP contribution in [0.4, 0.5) is 0 Å². The maximum absolute atomic E-state index is 11.0. The Bertz CT molecular complexity index is 467. The molecular weight excluding hydrogens is 228 g/mol. The Labute approximate surface area is 96.4 Å². The molecule has 1 aromatic rings. The molecule has 0 radical (unpaired) electrons. The lowest BCUT2D eigenvalue weighted by Gasteiger charge is -2.10. The average molecular weight is 238 g/mol. The number of carbonyl (C=O) groups is 2. The van der Waals surface area contributed by atoms with Crippen molar-refractivity contribution in [1.29, 1.82) is 0 Å². The summed E-state index contributed by atoms with van der Waals surface area (Å²) in [6.45, 7) is 0.0927. The third kappa shape index (κ3) is 2.30. The van der Waals surface area contributed by atoms with Crippen LogP contribution >= 0.6 is 0 Å². The number of aliphatic carboxylic acids is 2. The van der Waals surface area contributed by atoms with Gasteiger partial charge in [-0.3, -0.25) is 9.59 Å². The van der Waals surface area contributed by atoms with Crippen molar-refractivity contribution in [3.63, 3.8) is 0 Å². The second kappa shape index (κ2) is 4.32. The van der Waals surface area contributed by atoms with Crippen molar-refractivity contribution in [3.8, 4) is 11.5 Å². The molecule has 1 atom stereocenters. The number of benzene rings is 1. The smallest absolute Gasteiger partial charge is 0.311 e. The summed E-state index contributed by atoms with van der Waals surface area (Å²) in [5, 5.41) is 17.7. The first-order valence-corrected chi connectivity index (χ1v) is 4.92. The maximum atomic E-state index is 11.0. The highest BCUT2D eigenvalue weighted by Crippen LogP contribution is 2.35. The molecule has 0 aliphatic carbocycles. The van der Waals surface area contributed by atoms with E-state index in [9.17, 15) is 9.59 Å². The van der Waals surface area contributed by atoms with Crippen molar-refractivity contribution in [2.45, 2.75) is 12.3 Å². The molecule has 6 heteroatoms. The third-order valence-corrected chi connectivity index (χ3v) is 2.48. The molecule has 0 aromatic heterocycles. The molecule has 1 aromatic carbocycles. The number of fused-ring (bicyclic) bond motifs is 1. The Hall–Kier alpha value is -2.24. The minimum Gasteiger partial charge on any atom is -0.481 e. The zero-order chi connectivity index (χ0) is 12.4. The molecule has 6 nitrogen and oxygen atoms in total. The number of carboxylic acids is 2. The fourth-order valence-electron chi connectivity index (χ4n) is 1.65. The Kier molecular flexibility index (Phi) is 2.86. The summed E-state index contributed by atoms with van der Waals surface area (Å²) in [4.78, 5) is 21.6. The Balaban J connectivity index is 2.30. The van der Waals surface area contributed by atoms with Crippen LogP contribution in [0.25, 0.3) is 0 Å². The summed E-state index contributed by atoms with van der Waals surface area (Å²) >= 11 is 0. The summed E-state index contributed by atoms with van der Waals surface area (Å²) in [6, 6.07) is 4.62. The summed E-state index contributed by atoms with van der Waals surface area (Å²) in [6.07, 6.45) is -0.463. The van der Waals surface area contributed by atoms with Crippen LogP contribution in [0.3, 0.4) is 0 Å². The lowest BCUT2D eigenvalue weighted by molar-refractivity contribution is -0.145. The zero-order valence-electron chi connectivity index (χ0n) is 8.75. The summed E-state index contributed by atoms with van der Waals surface area (Å²) in [5.74, 6) is -2.43. The lowest BCUT2D eigenvalue weighted by atomic mass is 9.95. The van der Waals surface area contributed by atoms with E-state index in [0.717, 1.165) is 0 Å². The highest BCUT2D eigenvalue weighted by Gasteiger charge is 2.25. The van der Waals surface area contributed by atoms with Crippen LogP contribution in [0.1, 0.15) is 17.9 Å². The van der Waals surface area contributed by atoms with Crippen molar-refractivity contribution in [1.82, 2.24) is 0 Å². The highest BCUT2D eigenvalue weighted by atomic mass is 16.7. The first-order chi connectivity index (χ1) is 8.08. The molecule has 0 unspecified atom stereocenters. The molecule has 0 amide bonds. The minimum atomic E-state index is -1.17. The van der Waals surface area contributed by atoms with Gasteiger partial charge >= 0.3 is 11.9 Å². The molecule has 2 N–H and O–H groups in total. The molecule has 1 aliphatic heterocycles. The van der Waals surface area contributed by atoms with Crippen molar-refractivity contribution >= 4 is 11.9 Å². The second-order valence-electron chi connectivity index (χ2n) is 3.60. The molecule has 1 heterocycles. The van der Waals surface area contributed by atoms with Gasteiger partial charge in [0.25, 0.3) is 0 Å². The molecule has 0 spiro atoms. The Morgan fingerprint density at radius 3 is 2.59 bits per heavy atom. The van der Waals surface area contributed by atoms with Gasteiger partial charge < -0.3 is 19.7 Å². The van der Waals surface area contributed by atoms with Crippen LogP contribution < -0.4 is 9.47 Å². The van der Waals surface area contributed by atoms with Crippen LogP contribution in [0.15, 0.2) is 18.2 Å². The van der Waals surface area contributed by atoms with Crippen LogP contribution in [0, 0.1) is 0 Å². The maximum Gasteiger partial charge on any atom is 0.311 e. The SMILES string of the molecule is O=C(O)C[C@H](C(=O)O)c1ccc2c(c1)OCO2. The predicted molar refractivity (Wildman–Crippen MR) is 55.2 cm³/mol. The van der Waals surface area contributed by atoms with Crippen LogP contribution in [-0.2, 0) is 9.59 Å². The quantitative estimate of drug-likeness (QED) is 0.814. The summed E-state index contributed by atoms with van der Waals surface area (Å²) in [7, 11) is 0. The zero-order valence-corrected chi connectivity index (χ0v) is 8.75. The highest BCUT2D eigenvalue weighted by molar-refractivity contribution is 5.82. The fraction of sp³-hybridized carbons (Fsp3) is 0.273. The van der Waals surface area contributed by atoms with E-state index in [1.165, 1.54) is 12.1 Å². The van der Waals surface area contributed by atoms with Gasteiger partial charge in [0.05, 0.1) is 12.3 Å². The van der Waals surface area contributed by atoms with Gasteiger partial charge in [-0.05, 0) is 17.7 Å². The standard InChI is InChI=1S/C11H10O6/c12-10(13)4-7(11(14)15)6-1-2-8-9(3-6)17-5-16-8/h1-3,7H,4-5H2,(H,12,13)(H,14,15)/t7-/m0/s1. The van der Waals surface area contributed by atoms with Crippen LogP contribution in [0.2, 0.25) is 0 Å². The second-order valence-corrected chi connectivity index (χ2v) is 3.60. The van der Waals surface area contributed by atoms with E-state index >= 15 is 0 Å². The molecule has 17 heavy (non-hydrogen) atoms. The van der Waals surface area contributed by atoms with Gasteiger partial charge in [0, 0.05) is 0 Å². The molecule has 90 valence electrons. The van der Waals surface area contributed by atoms with E-state index in [1.54, 1.807) is 6.07 Å². The topological polar surface area (TPSA) is 93.1 Å². The lowest BCUT2D eigenvalue weighted by Crippen LogP contribution is -2.15. The van der Waals surface area contributed by atoms with Gasteiger partial charge in [0.2, 0.25) is 6.79 Å². The van der Waals surface area contributed by atoms with Gasteiger partial charge in [-0.1, -0.05) is 6.07 Å². The van der Waals surface area contributed by atoms with Crippen molar-refractivity contribution in [2.24, 2.45) is 0 Å². The van der Waals surface area contributed by atoms with Gasteiger partial charge in [0.1, 0.15) is 0 Å². The van der Waals surface area contributed by atoms with E-state index in [4.69, 9.17) is 19.7 Å². The molecular formula is C11H10O6. The van der Waals surface area contributed by atoms with E-state index in [2.05, 4.69) is 0 Å². The van der Waals surface area contributed by atoms with E-state index < -0.39 is 24.3 Å². The first-order valence-electron chi connectivity index (χ1n) is 4.92. The number of rotatable bonds is 4. The third-order valence-electron chi connectivity index (χ3n) is 2.48. The normalized spacial score (nSPS) is 14.4. The monoisotopic (exact) mass is 238 g/mol. The largest absolute Gasteiger partial charge is 0.481 e. The number of carboxylic acid groups (broad SMARTS) is 2. The number of ether oxygens (including phenoxy) is 2. The molecule has 0 saturated heterocycles. The fourth-order valence-corrected chi connectivity index (χ4v) is 1.65. The Morgan fingerprint density at radius 2 is 1.94 bits per heavy atom. The van der Waals surface area contributed by atoms with Crippen LogP contribution in [-0.4, -0.2) is 28.9 Å². The van der Waals surface area contributed by atoms with Gasteiger partial charge in [-0.15, -0.1) is 0 Å². The number of hydrogen-bond acceptors (Lipinski definition) is 4. The van der Waals surface area contributed by atoms with E-state index in [0.29, 0.717) is 17.1 Å². The first kappa shape index (κ1) is 11.3.